The van der Waals surface area contributed by atoms with Crippen molar-refractivity contribution in [2.75, 3.05) is 0 Å². The standard InChI is InChI=1S/C6H5F8IO3S/c7-3(8,1-2-4(9,10)15)5(11,12)6(13,14)19(16,17)18/h1-2H2,(H,16,17,18). The smallest absolute Gasteiger partial charge is 0.281 e. The predicted octanol–water partition coefficient (Wildman–Crippen LogP) is 3.55. The van der Waals surface area contributed by atoms with Gasteiger partial charge in [0.05, 0.1) is 0 Å². The molecule has 0 radical (unpaired) electrons. The maximum absolute atomic E-state index is 12.8. The minimum atomic E-state index is -6.85. The topological polar surface area (TPSA) is 54.4 Å². The van der Waals surface area contributed by atoms with E-state index in [0.29, 0.717) is 22.6 Å². The molecule has 0 fully saturated rings. The van der Waals surface area contributed by atoms with Crippen molar-refractivity contribution in [3.05, 3.63) is 0 Å². The molecule has 0 aromatic carbocycles. The molecule has 3 nitrogen and oxygen atoms in total. The molecule has 0 saturated heterocycles. The second-order valence-electron chi connectivity index (χ2n) is 3.39. The third kappa shape index (κ3) is 4.03. The molecule has 1 N–H and O–H groups in total. The van der Waals surface area contributed by atoms with E-state index in [4.69, 9.17) is 4.55 Å². The highest BCUT2D eigenvalue weighted by Gasteiger charge is 2.77. The zero-order chi connectivity index (χ0) is 15.9. The Labute approximate surface area is 115 Å². The molecule has 0 aliphatic rings. The van der Waals surface area contributed by atoms with E-state index in [0.717, 1.165) is 0 Å². The van der Waals surface area contributed by atoms with Crippen molar-refractivity contribution in [1.29, 1.82) is 0 Å². The number of hydrogen-bond donors (Lipinski definition) is 1. The fourth-order valence-corrected chi connectivity index (χ4v) is 1.57. The maximum Gasteiger partial charge on any atom is 0.437 e. The lowest BCUT2D eigenvalue weighted by Crippen LogP contribution is -2.57. The van der Waals surface area contributed by atoms with E-state index in [9.17, 15) is 43.5 Å². The van der Waals surface area contributed by atoms with E-state index < -0.39 is 44.0 Å². The fourth-order valence-electron chi connectivity index (χ4n) is 0.831. The number of halogens is 9. The molecule has 0 spiro atoms. The lowest BCUT2D eigenvalue weighted by molar-refractivity contribution is -0.284. The van der Waals surface area contributed by atoms with Crippen LogP contribution in [-0.2, 0) is 10.1 Å². The average molecular weight is 436 g/mol. The molecule has 0 aliphatic carbocycles. The summed E-state index contributed by atoms with van der Waals surface area (Å²) >= 11 is 0.315. The first-order chi connectivity index (χ1) is 7.96. The van der Waals surface area contributed by atoms with Crippen LogP contribution >= 0.6 is 22.6 Å². The highest BCUT2D eigenvalue weighted by atomic mass is 127. The summed E-state index contributed by atoms with van der Waals surface area (Å²) in [6.07, 6.45) is -4.29. The Morgan fingerprint density at radius 1 is 0.895 bits per heavy atom. The van der Waals surface area contributed by atoms with E-state index in [1.807, 2.05) is 0 Å². The second-order valence-corrected chi connectivity index (χ2v) is 6.43. The lowest BCUT2D eigenvalue weighted by atomic mass is 10.1. The molecule has 0 aromatic rings. The van der Waals surface area contributed by atoms with Gasteiger partial charge in [0.25, 0.3) is 3.93 Å². The highest BCUT2D eigenvalue weighted by Crippen LogP contribution is 2.50. The van der Waals surface area contributed by atoms with Crippen LogP contribution in [0.25, 0.3) is 0 Å². The summed E-state index contributed by atoms with van der Waals surface area (Å²) < 4.78 is 125. The van der Waals surface area contributed by atoms with Gasteiger partial charge in [-0.2, -0.15) is 43.5 Å². The fraction of sp³-hybridized carbons (Fsp3) is 1.00. The molecular weight excluding hydrogens is 431 g/mol. The molecule has 0 bridgehead atoms. The van der Waals surface area contributed by atoms with E-state index >= 15 is 0 Å². The van der Waals surface area contributed by atoms with Crippen molar-refractivity contribution in [3.63, 3.8) is 0 Å². The van der Waals surface area contributed by atoms with Crippen molar-refractivity contribution < 1.29 is 48.1 Å². The average Bonchev–Trinajstić information content (AvgIpc) is 2.11. The molecular formula is C6H5F8IO3S. The minimum Gasteiger partial charge on any atom is -0.281 e. The zero-order valence-electron chi connectivity index (χ0n) is 8.49. The number of alkyl halides is 9. The van der Waals surface area contributed by atoms with Gasteiger partial charge < -0.3 is 0 Å². The monoisotopic (exact) mass is 436 g/mol. The van der Waals surface area contributed by atoms with Gasteiger partial charge in [-0.1, -0.05) is 0 Å². The van der Waals surface area contributed by atoms with Crippen molar-refractivity contribution >= 4 is 32.7 Å². The van der Waals surface area contributed by atoms with Gasteiger partial charge in [0.1, 0.15) is 0 Å². The van der Waals surface area contributed by atoms with E-state index in [1.165, 1.54) is 0 Å². The Morgan fingerprint density at radius 3 is 1.53 bits per heavy atom. The first-order valence-electron chi connectivity index (χ1n) is 4.13. The van der Waals surface area contributed by atoms with Crippen LogP contribution in [0.2, 0.25) is 0 Å². The maximum atomic E-state index is 12.8. The summed E-state index contributed by atoms with van der Waals surface area (Å²) in [6.45, 7) is 0. The van der Waals surface area contributed by atoms with E-state index in [1.54, 1.807) is 0 Å². The molecule has 0 amide bonds. The molecule has 0 saturated carbocycles. The van der Waals surface area contributed by atoms with Gasteiger partial charge in [-0.25, -0.2) is 0 Å². The Bertz CT molecular complexity index is 428. The second kappa shape index (κ2) is 5.13. The van der Waals surface area contributed by atoms with Gasteiger partial charge in [-0.15, -0.1) is 0 Å². The van der Waals surface area contributed by atoms with Gasteiger partial charge in [0.2, 0.25) is 0 Å². The van der Waals surface area contributed by atoms with Crippen LogP contribution < -0.4 is 0 Å². The normalized spacial score (nSPS) is 15.7. The Kier molecular flexibility index (Phi) is 5.15. The Hall–Kier alpha value is 0.0800. The highest BCUT2D eigenvalue weighted by molar-refractivity contribution is 14.1. The van der Waals surface area contributed by atoms with Gasteiger partial charge in [0.15, 0.2) is 0 Å². The van der Waals surface area contributed by atoms with Crippen molar-refractivity contribution in [1.82, 2.24) is 0 Å². The molecule has 13 heteroatoms. The molecule has 0 heterocycles. The zero-order valence-corrected chi connectivity index (χ0v) is 11.5. The third-order valence-corrected chi connectivity index (χ3v) is 3.32. The van der Waals surface area contributed by atoms with Crippen LogP contribution in [-0.4, -0.2) is 34.0 Å². The van der Waals surface area contributed by atoms with Crippen molar-refractivity contribution in [3.8, 4) is 0 Å². The molecule has 0 aliphatic heterocycles. The van der Waals surface area contributed by atoms with Crippen molar-refractivity contribution in [2.24, 2.45) is 0 Å². The summed E-state index contributed by atoms with van der Waals surface area (Å²) in [6, 6.07) is 0. The number of rotatable bonds is 6. The predicted molar refractivity (Wildman–Crippen MR) is 54.6 cm³/mol. The van der Waals surface area contributed by atoms with E-state index in [-0.39, 0.29) is 0 Å². The molecule has 116 valence electrons. The number of hydrogen-bond acceptors (Lipinski definition) is 2. The van der Waals surface area contributed by atoms with Gasteiger partial charge in [-0.05, 0) is 22.6 Å². The van der Waals surface area contributed by atoms with Crippen LogP contribution in [0.5, 0.6) is 0 Å². The Morgan fingerprint density at radius 2 is 1.26 bits per heavy atom. The molecule has 0 rings (SSSR count). The third-order valence-electron chi connectivity index (χ3n) is 1.87. The van der Waals surface area contributed by atoms with E-state index in [2.05, 4.69) is 0 Å². The SMILES string of the molecule is O=S(=O)(O)C(F)(F)C(F)(F)C(F)(F)CCC(F)(F)I. The minimum absolute atomic E-state index is 0.315. The van der Waals surface area contributed by atoms with Crippen molar-refractivity contribution in [2.45, 2.75) is 33.9 Å². The summed E-state index contributed by atoms with van der Waals surface area (Å²) in [5.74, 6) is -12.3. The molecule has 0 atom stereocenters. The summed E-state index contributed by atoms with van der Waals surface area (Å²) in [7, 11) is -6.85. The first kappa shape index (κ1) is 19.1. The van der Waals surface area contributed by atoms with Gasteiger partial charge >= 0.3 is 27.2 Å². The quantitative estimate of drug-likeness (QED) is 0.300. The largest absolute Gasteiger partial charge is 0.437 e. The molecule has 0 aromatic heterocycles. The summed E-state index contributed by atoms with van der Waals surface area (Å²) in [5.41, 5.74) is 0. The van der Waals surface area contributed by atoms with Gasteiger partial charge in [-0.3, -0.25) is 4.55 Å². The lowest BCUT2D eigenvalue weighted by Gasteiger charge is -2.31. The summed E-state index contributed by atoms with van der Waals surface area (Å²) in [5, 5.41) is -6.51. The molecule has 19 heavy (non-hydrogen) atoms. The van der Waals surface area contributed by atoms with Crippen LogP contribution in [0.3, 0.4) is 0 Å². The van der Waals surface area contributed by atoms with Crippen LogP contribution in [0.4, 0.5) is 35.1 Å². The Balaban J connectivity index is 5.40. The first-order valence-corrected chi connectivity index (χ1v) is 6.65. The molecule has 0 unspecified atom stereocenters. The van der Waals surface area contributed by atoms with Crippen LogP contribution in [0.15, 0.2) is 0 Å². The van der Waals surface area contributed by atoms with Crippen LogP contribution in [0.1, 0.15) is 12.8 Å². The van der Waals surface area contributed by atoms with Gasteiger partial charge in [0, 0.05) is 12.8 Å². The summed E-state index contributed by atoms with van der Waals surface area (Å²) in [4.78, 5) is 0. The van der Waals surface area contributed by atoms with Crippen LogP contribution in [0, 0.1) is 0 Å².